The average Bonchev–Trinajstić information content (AvgIpc) is 3.29. The van der Waals surface area contributed by atoms with Gasteiger partial charge in [-0.1, -0.05) is 18.2 Å². The molecule has 2 aromatic carbocycles. The van der Waals surface area contributed by atoms with Crippen LogP contribution in [0.5, 0.6) is 11.5 Å². The quantitative estimate of drug-likeness (QED) is 0.521. The second-order valence-corrected chi connectivity index (χ2v) is 7.21. The average molecular weight is 418 g/mol. The van der Waals surface area contributed by atoms with Crippen LogP contribution < -0.4 is 9.47 Å². The number of carbonyl (C=O) groups is 1. The highest BCUT2D eigenvalue weighted by atomic mass is 32.1. The van der Waals surface area contributed by atoms with Crippen LogP contribution in [0, 0.1) is 22.7 Å². The van der Waals surface area contributed by atoms with Crippen LogP contribution >= 0.6 is 11.3 Å². The molecule has 30 heavy (non-hydrogen) atoms. The Balaban J connectivity index is 1.88. The Bertz CT molecular complexity index is 1100. The Hall–Kier alpha value is -3.81. The zero-order valence-electron chi connectivity index (χ0n) is 15.9. The van der Waals surface area contributed by atoms with Gasteiger partial charge in [0.2, 0.25) is 0 Å². The predicted octanol–water partition coefficient (Wildman–Crippen LogP) is 5.06. The first kappa shape index (κ1) is 20.9. The lowest BCUT2D eigenvalue weighted by molar-refractivity contribution is -0.137. The Morgan fingerprint density at radius 2 is 1.90 bits per heavy atom. The zero-order valence-corrected chi connectivity index (χ0v) is 16.8. The maximum Gasteiger partial charge on any atom is 0.303 e. The smallest absolute Gasteiger partial charge is 0.303 e. The van der Waals surface area contributed by atoms with Crippen molar-refractivity contribution in [1.29, 1.82) is 10.5 Å². The number of nitriles is 2. The minimum atomic E-state index is -0.966. The fraction of sp³-hybridized carbons (Fsp3) is 0.174. The lowest BCUT2D eigenvalue weighted by Gasteiger charge is -2.21. The molecule has 0 saturated heterocycles. The van der Waals surface area contributed by atoms with Gasteiger partial charge in [0.15, 0.2) is 0 Å². The molecular formula is C23H18N2O4S. The molecule has 6 nitrogen and oxygen atoms in total. The molecule has 0 saturated carbocycles. The van der Waals surface area contributed by atoms with Crippen molar-refractivity contribution >= 4 is 17.3 Å². The molecule has 0 spiro atoms. The Kier molecular flexibility index (Phi) is 7.05. The van der Waals surface area contributed by atoms with Gasteiger partial charge in [-0.15, -0.1) is 0 Å². The van der Waals surface area contributed by atoms with Gasteiger partial charge in [0.25, 0.3) is 0 Å². The van der Waals surface area contributed by atoms with Crippen LogP contribution in [0.15, 0.2) is 59.3 Å². The summed E-state index contributed by atoms with van der Waals surface area (Å²) in [7, 11) is 0. The van der Waals surface area contributed by atoms with E-state index in [9.17, 15) is 15.3 Å². The molecule has 150 valence electrons. The number of benzene rings is 2. The Labute approximate surface area is 178 Å². The molecule has 1 atom stereocenters. The van der Waals surface area contributed by atoms with Gasteiger partial charge in [0.05, 0.1) is 17.2 Å². The maximum absolute atomic E-state index is 11.1. The molecule has 0 amide bonds. The van der Waals surface area contributed by atoms with Gasteiger partial charge in [0.1, 0.15) is 30.3 Å². The second-order valence-electron chi connectivity index (χ2n) is 6.43. The summed E-state index contributed by atoms with van der Waals surface area (Å²) in [6.07, 6.45) is -0.685. The number of ether oxygens (including phenoxy) is 2. The van der Waals surface area contributed by atoms with E-state index in [0.29, 0.717) is 29.0 Å². The normalized spacial score (nSPS) is 11.1. The first-order valence-corrected chi connectivity index (χ1v) is 10.1. The molecule has 1 N–H and O–H groups in total. The fourth-order valence-electron chi connectivity index (χ4n) is 2.89. The molecule has 0 aliphatic heterocycles. The number of nitrogens with zero attached hydrogens (tertiary/aromatic N) is 2. The summed E-state index contributed by atoms with van der Waals surface area (Å²) in [6.45, 7) is 0.383. The molecule has 0 fully saturated rings. The van der Waals surface area contributed by atoms with Crippen LogP contribution in [-0.2, 0) is 11.4 Å². The van der Waals surface area contributed by atoms with Crippen LogP contribution in [0.4, 0.5) is 0 Å². The van der Waals surface area contributed by atoms with Crippen molar-refractivity contribution in [1.82, 2.24) is 0 Å². The van der Waals surface area contributed by atoms with Crippen LogP contribution in [0.2, 0.25) is 0 Å². The van der Waals surface area contributed by atoms with Crippen molar-refractivity contribution in [3.8, 4) is 23.6 Å². The largest absolute Gasteiger partial charge is 0.489 e. The minimum Gasteiger partial charge on any atom is -0.489 e. The van der Waals surface area contributed by atoms with Crippen molar-refractivity contribution < 1.29 is 19.4 Å². The lowest BCUT2D eigenvalue weighted by Crippen LogP contribution is -2.12. The molecule has 0 radical (unpaired) electrons. The number of hydrogen-bond acceptors (Lipinski definition) is 6. The summed E-state index contributed by atoms with van der Waals surface area (Å²) in [5.41, 5.74) is 2.31. The highest BCUT2D eigenvalue weighted by molar-refractivity contribution is 7.07. The van der Waals surface area contributed by atoms with Gasteiger partial charge in [-0.2, -0.15) is 21.9 Å². The third kappa shape index (κ3) is 5.38. The third-order valence-corrected chi connectivity index (χ3v) is 5.11. The van der Waals surface area contributed by atoms with E-state index in [4.69, 9.17) is 14.6 Å². The second kappa shape index (κ2) is 10.1. The minimum absolute atomic E-state index is 0.138. The van der Waals surface area contributed by atoms with Gasteiger partial charge < -0.3 is 14.6 Å². The lowest BCUT2D eigenvalue weighted by atomic mass is 9.99. The van der Waals surface area contributed by atoms with Crippen LogP contribution in [0.3, 0.4) is 0 Å². The van der Waals surface area contributed by atoms with Gasteiger partial charge >= 0.3 is 5.97 Å². The molecule has 3 rings (SSSR count). The highest BCUT2D eigenvalue weighted by Gasteiger charge is 2.20. The molecule has 3 aromatic rings. The third-order valence-electron chi connectivity index (χ3n) is 4.38. The van der Waals surface area contributed by atoms with E-state index < -0.39 is 12.1 Å². The van der Waals surface area contributed by atoms with Gasteiger partial charge in [-0.05, 0) is 47.0 Å². The van der Waals surface area contributed by atoms with E-state index in [-0.39, 0.29) is 18.6 Å². The molecule has 1 heterocycles. The van der Waals surface area contributed by atoms with E-state index in [1.807, 2.05) is 16.8 Å². The molecule has 1 aromatic heterocycles. The topological polar surface area (TPSA) is 103 Å². The van der Waals surface area contributed by atoms with Crippen LogP contribution in [0.1, 0.15) is 41.2 Å². The zero-order chi connectivity index (χ0) is 21.3. The highest BCUT2D eigenvalue weighted by Crippen LogP contribution is 2.33. The molecule has 0 bridgehead atoms. The summed E-state index contributed by atoms with van der Waals surface area (Å²) < 4.78 is 11.9. The van der Waals surface area contributed by atoms with Gasteiger partial charge in [-0.3, -0.25) is 4.79 Å². The Morgan fingerprint density at radius 3 is 2.60 bits per heavy atom. The van der Waals surface area contributed by atoms with E-state index in [0.717, 1.165) is 5.56 Å². The predicted molar refractivity (Wildman–Crippen MR) is 111 cm³/mol. The van der Waals surface area contributed by atoms with Crippen molar-refractivity contribution in [3.63, 3.8) is 0 Å². The molecular weight excluding hydrogens is 400 g/mol. The summed E-state index contributed by atoms with van der Waals surface area (Å²) >= 11 is 1.58. The molecule has 0 unspecified atom stereocenters. The first-order valence-electron chi connectivity index (χ1n) is 9.16. The summed E-state index contributed by atoms with van der Waals surface area (Å²) in [5, 5.41) is 32.0. The number of carboxylic acid groups (broad SMARTS) is 1. The monoisotopic (exact) mass is 418 g/mol. The van der Waals surface area contributed by atoms with E-state index in [1.165, 1.54) is 0 Å². The van der Waals surface area contributed by atoms with Crippen molar-refractivity contribution in [2.75, 3.05) is 0 Å². The number of aliphatic carboxylic acids is 1. The first-order chi connectivity index (χ1) is 14.6. The summed E-state index contributed by atoms with van der Waals surface area (Å²) in [6, 6.07) is 17.9. The van der Waals surface area contributed by atoms with Gasteiger partial charge in [0, 0.05) is 18.1 Å². The summed E-state index contributed by atoms with van der Waals surface area (Å²) in [4.78, 5) is 11.1. The summed E-state index contributed by atoms with van der Waals surface area (Å²) in [5.74, 6) is -0.157. The standard InChI is InChI=1S/C23H18N2O4S/c24-12-17-3-1-2-4-20(17)21(7-8-23(26)27)29-22-11-19(6-5-18(22)13-25)28-14-16-9-10-30-15-16/h1-6,9-11,15,21H,7-8,14H2,(H,26,27)/t21-/m0/s1. The van der Waals surface area contributed by atoms with Crippen LogP contribution in [0.25, 0.3) is 0 Å². The van der Waals surface area contributed by atoms with Crippen molar-refractivity contribution in [2.24, 2.45) is 0 Å². The van der Waals surface area contributed by atoms with Crippen LogP contribution in [-0.4, -0.2) is 11.1 Å². The number of rotatable bonds is 9. The van der Waals surface area contributed by atoms with Gasteiger partial charge in [-0.25, -0.2) is 0 Å². The maximum atomic E-state index is 11.1. The molecule has 7 heteroatoms. The fourth-order valence-corrected chi connectivity index (χ4v) is 3.54. The van der Waals surface area contributed by atoms with Crippen molar-refractivity contribution in [3.05, 3.63) is 81.5 Å². The van der Waals surface area contributed by atoms with E-state index >= 15 is 0 Å². The Morgan fingerprint density at radius 1 is 1.10 bits per heavy atom. The van der Waals surface area contributed by atoms with E-state index in [1.54, 1.807) is 53.8 Å². The molecule has 0 aliphatic carbocycles. The SMILES string of the molecule is N#Cc1ccc(OCc2ccsc2)cc1O[C@@H](CCC(=O)O)c1ccccc1C#N. The van der Waals surface area contributed by atoms with E-state index in [2.05, 4.69) is 12.1 Å². The number of hydrogen-bond donors (Lipinski definition) is 1. The molecule has 0 aliphatic rings. The van der Waals surface area contributed by atoms with Crippen molar-refractivity contribution in [2.45, 2.75) is 25.6 Å². The number of thiophene rings is 1. The number of carboxylic acids is 1.